The maximum atomic E-state index is 13.4. The second-order valence-electron chi connectivity index (χ2n) is 4.13. The summed E-state index contributed by atoms with van der Waals surface area (Å²) in [6, 6.07) is 4.50. The van der Waals surface area contributed by atoms with Crippen LogP contribution in [0.1, 0.15) is 11.3 Å². The fourth-order valence-electron chi connectivity index (χ4n) is 1.75. The lowest BCUT2D eigenvalue weighted by atomic mass is 10.1. The summed E-state index contributed by atoms with van der Waals surface area (Å²) >= 11 is 3.16. The summed E-state index contributed by atoms with van der Waals surface area (Å²) in [5, 5.41) is 0. The topological polar surface area (TPSA) is 55.0 Å². The molecule has 1 heterocycles. The quantitative estimate of drug-likeness (QED) is 0.943. The van der Waals surface area contributed by atoms with E-state index in [4.69, 9.17) is 4.74 Å². The molecular formula is C13H12BrFN2O2. The summed E-state index contributed by atoms with van der Waals surface area (Å²) in [5.74, 6) is -0.0447. The van der Waals surface area contributed by atoms with Crippen molar-refractivity contribution >= 4 is 15.9 Å². The minimum absolute atomic E-state index is 0.200. The number of hydrogen-bond acceptors (Lipinski definition) is 3. The van der Waals surface area contributed by atoms with Crippen LogP contribution in [-0.2, 0) is 11.3 Å². The Hall–Kier alpha value is -1.53. The number of aryl methyl sites for hydroxylation is 1. The normalized spacial score (nSPS) is 10.7. The van der Waals surface area contributed by atoms with E-state index in [0.717, 1.165) is 5.56 Å². The van der Waals surface area contributed by atoms with Crippen molar-refractivity contribution in [3.63, 3.8) is 0 Å². The first kappa shape index (κ1) is 13.9. The van der Waals surface area contributed by atoms with Crippen LogP contribution in [0.3, 0.4) is 0 Å². The molecule has 0 amide bonds. The lowest BCUT2D eigenvalue weighted by Crippen LogP contribution is -2.14. The number of ether oxygens (including phenoxy) is 1. The SMILES string of the molecule is COCc1nc(-c2cc(C)cc(F)c2)[nH]c(=O)c1Br. The molecule has 0 aliphatic heterocycles. The molecule has 0 unspecified atom stereocenters. The van der Waals surface area contributed by atoms with Crippen molar-refractivity contribution in [2.24, 2.45) is 0 Å². The number of halogens is 2. The van der Waals surface area contributed by atoms with Crippen molar-refractivity contribution < 1.29 is 9.13 Å². The molecule has 0 atom stereocenters. The summed E-state index contributed by atoms with van der Waals surface area (Å²) in [4.78, 5) is 18.7. The van der Waals surface area contributed by atoms with Crippen molar-refractivity contribution in [2.75, 3.05) is 7.11 Å². The van der Waals surface area contributed by atoms with Crippen molar-refractivity contribution in [1.82, 2.24) is 9.97 Å². The van der Waals surface area contributed by atoms with Crippen LogP contribution in [0.2, 0.25) is 0 Å². The highest BCUT2D eigenvalue weighted by Crippen LogP contribution is 2.20. The number of benzene rings is 1. The number of aromatic nitrogens is 2. The second-order valence-corrected chi connectivity index (χ2v) is 4.92. The maximum absolute atomic E-state index is 13.4. The Kier molecular flexibility index (Phi) is 4.11. The lowest BCUT2D eigenvalue weighted by Gasteiger charge is -2.07. The molecule has 0 spiro atoms. The van der Waals surface area contributed by atoms with E-state index < -0.39 is 0 Å². The summed E-state index contributed by atoms with van der Waals surface area (Å²) in [7, 11) is 1.52. The predicted molar refractivity (Wildman–Crippen MR) is 73.4 cm³/mol. The zero-order valence-corrected chi connectivity index (χ0v) is 12.0. The van der Waals surface area contributed by atoms with Gasteiger partial charge in [0.25, 0.3) is 5.56 Å². The van der Waals surface area contributed by atoms with Gasteiger partial charge in [-0.15, -0.1) is 0 Å². The molecule has 4 nitrogen and oxygen atoms in total. The van der Waals surface area contributed by atoms with Gasteiger partial charge in [-0.2, -0.15) is 0 Å². The largest absolute Gasteiger partial charge is 0.378 e. The average Bonchev–Trinajstić information content (AvgIpc) is 2.33. The van der Waals surface area contributed by atoms with Gasteiger partial charge in [0.15, 0.2) is 0 Å². The molecule has 0 aliphatic carbocycles. The molecule has 0 saturated heterocycles. The molecule has 0 aliphatic rings. The van der Waals surface area contributed by atoms with Gasteiger partial charge >= 0.3 is 0 Å². The van der Waals surface area contributed by atoms with Crippen LogP contribution in [0.5, 0.6) is 0 Å². The molecule has 0 fully saturated rings. The standard InChI is InChI=1S/C13H12BrFN2O2/c1-7-3-8(5-9(15)4-7)12-16-10(6-19-2)11(14)13(18)17-12/h3-5H,6H2,1-2H3,(H,16,17,18). The monoisotopic (exact) mass is 326 g/mol. The van der Waals surface area contributed by atoms with E-state index in [9.17, 15) is 9.18 Å². The average molecular weight is 327 g/mol. The van der Waals surface area contributed by atoms with Crippen LogP contribution < -0.4 is 5.56 Å². The highest BCUT2D eigenvalue weighted by atomic mass is 79.9. The first-order chi connectivity index (χ1) is 9.01. The summed E-state index contributed by atoms with van der Waals surface area (Å²) in [6.45, 7) is 1.98. The van der Waals surface area contributed by atoms with Crippen LogP contribution >= 0.6 is 15.9 Å². The van der Waals surface area contributed by atoms with Gasteiger partial charge < -0.3 is 9.72 Å². The van der Waals surface area contributed by atoms with Gasteiger partial charge in [0.1, 0.15) is 16.1 Å². The van der Waals surface area contributed by atoms with Crippen molar-refractivity contribution in [2.45, 2.75) is 13.5 Å². The molecule has 0 bridgehead atoms. The molecule has 1 N–H and O–H groups in total. The number of rotatable bonds is 3. The van der Waals surface area contributed by atoms with E-state index in [2.05, 4.69) is 25.9 Å². The van der Waals surface area contributed by atoms with Gasteiger partial charge in [-0.05, 0) is 46.6 Å². The molecule has 1 aromatic carbocycles. The number of nitrogens with one attached hydrogen (secondary N) is 1. The molecule has 6 heteroatoms. The second kappa shape index (κ2) is 5.63. The first-order valence-electron chi connectivity index (χ1n) is 5.56. The Labute approximate surface area is 117 Å². The zero-order valence-electron chi connectivity index (χ0n) is 10.5. The highest BCUT2D eigenvalue weighted by Gasteiger charge is 2.11. The van der Waals surface area contributed by atoms with Gasteiger partial charge in [0, 0.05) is 12.7 Å². The fraction of sp³-hybridized carbons (Fsp3) is 0.231. The van der Waals surface area contributed by atoms with E-state index in [0.29, 0.717) is 21.6 Å². The minimum Gasteiger partial charge on any atom is -0.378 e. The Balaban J connectivity index is 2.59. The molecule has 1 aromatic heterocycles. The van der Waals surface area contributed by atoms with Gasteiger partial charge in [0.05, 0.1) is 12.3 Å². The van der Waals surface area contributed by atoms with E-state index in [-0.39, 0.29) is 18.0 Å². The molecule has 0 saturated carbocycles. The highest BCUT2D eigenvalue weighted by molar-refractivity contribution is 9.10. The Bertz CT molecular complexity index is 650. The predicted octanol–water partition coefficient (Wildman–Crippen LogP) is 2.79. The minimum atomic E-state index is -0.367. The third-order valence-electron chi connectivity index (χ3n) is 2.53. The summed E-state index contributed by atoms with van der Waals surface area (Å²) in [5.41, 5.74) is 1.44. The molecule has 2 rings (SSSR count). The number of hydrogen-bond donors (Lipinski definition) is 1. The first-order valence-corrected chi connectivity index (χ1v) is 6.35. The summed E-state index contributed by atoms with van der Waals surface area (Å²) < 4.78 is 18.7. The van der Waals surface area contributed by atoms with Crippen LogP contribution in [0.4, 0.5) is 4.39 Å². The Morgan fingerprint density at radius 3 is 2.79 bits per heavy atom. The fourth-order valence-corrected chi connectivity index (χ4v) is 2.05. The van der Waals surface area contributed by atoms with Crippen LogP contribution in [-0.4, -0.2) is 17.1 Å². The zero-order chi connectivity index (χ0) is 14.0. The molecule has 2 aromatic rings. The Morgan fingerprint density at radius 1 is 1.42 bits per heavy atom. The van der Waals surface area contributed by atoms with Gasteiger partial charge in [0.2, 0.25) is 0 Å². The van der Waals surface area contributed by atoms with Crippen molar-refractivity contribution in [1.29, 1.82) is 0 Å². The van der Waals surface area contributed by atoms with Crippen LogP contribution in [0.25, 0.3) is 11.4 Å². The number of nitrogens with zero attached hydrogens (tertiary/aromatic N) is 1. The number of methoxy groups -OCH3 is 1. The van der Waals surface area contributed by atoms with Gasteiger partial charge in [-0.25, -0.2) is 9.37 Å². The molecule has 0 radical (unpaired) electrons. The van der Waals surface area contributed by atoms with E-state index >= 15 is 0 Å². The van der Waals surface area contributed by atoms with Crippen molar-refractivity contribution in [3.05, 3.63) is 50.1 Å². The molecule has 19 heavy (non-hydrogen) atoms. The van der Waals surface area contributed by atoms with Crippen molar-refractivity contribution in [3.8, 4) is 11.4 Å². The summed E-state index contributed by atoms with van der Waals surface area (Å²) in [6.07, 6.45) is 0. The van der Waals surface area contributed by atoms with E-state index in [1.807, 2.05) is 0 Å². The molecule has 100 valence electrons. The lowest BCUT2D eigenvalue weighted by molar-refractivity contribution is 0.180. The number of H-pyrrole nitrogens is 1. The van der Waals surface area contributed by atoms with E-state index in [1.54, 1.807) is 13.0 Å². The van der Waals surface area contributed by atoms with Crippen LogP contribution in [0.15, 0.2) is 27.5 Å². The van der Waals surface area contributed by atoms with Gasteiger partial charge in [-0.3, -0.25) is 4.79 Å². The number of aromatic amines is 1. The maximum Gasteiger partial charge on any atom is 0.265 e. The third kappa shape index (κ3) is 3.08. The third-order valence-corrected chi connectivity index (χ3v) is 3.35. The molecular weight excluding hydrogens is 315 g/mol. The van der Waals surface area contributed by atoms with Gasteiger partial charge in [-0.1, -0.05) is 0 Å². The Morgan fingerprint density at radius 2 is 2.16 bits per heavy atom. The van der Waals surface area contributed by atoms with E-state index in [1.165, 1.54) is 19.2 Å². The smallest absolute Gasteiger partial charge is 0.265 e. The van der Waals surface area contributed by atoms with Crippen LogP contribution in [0, 0.1) is 12.7 Å².